The molecule has 0 unspecified atom stereocenters. The third-order valence-corrected chi connectivity index (χ3v) is 20.5. The van der Waals surface area contributed by atoms with Crippen LogP contribution in [-0.4, -0.2) is 4.57 Å². The van der Waals surface area contributed by atoms with Gasteiger partial charge >= 0.3 is 0 Å². The number of rotatable bonds is 9. The Bertz CT molecular complexity index is 7310. The van der Waals surface area contributed by atoms with Crippen molar-refractivity contribution in [2.24, 2.45) is 0 Å². The van der Waals surface area contributed by atoms with Crippen molar-refractivity contribution in [2.45, 2.75) is 0 Å². The monoisotopic (exact) mass is 1320 g/mol. The Kier molecular flexibility index (Phi) is 11.9. The minimum Gasteiger partial charge on any atom is -0.456 e. The van der Waals surface area contributed by atoms with Crippen LogP contribution in [0.3, 0.4) is 0 Å². The second kappa shape index (κ2) is 24.7. The van der Waals surface area contributed by atoms with Crippen LogP contribution in [-0.2, 0) is 0 Å². The van der Waals surface area contributed by atoms with Gasteiger partial charge in [0.05, 0.1) is 35.8 Å². The Labute approximate surface area is 609 Å². The molecule has 3 heterocycles. The third kappa shape index (κ3) is 9.88. The average Bonchev–Trinajstić information content (AvgIpc) is 1.71. The van der Waals surface area contributed by atoms with Gasteiger partial charge in [-0.15, -0.1) is 0 Å². The molecule has 0 aliphatic carbocycles. The van der Waals surface area contributed by atoms with Crippen LogP contribution in [0.15, 0.2) is 391 Å². The highest BCUT2D eigenvalue weighted by atomic mass is 16.3. The minimum absolute atomic E-state index is 0.204. The van der Waals surface area contributed by atoms with Crippen LogP contribution < -0.4 is 0 Å². The standard InChI is InChI=1S/C50H31NO.C50H32O/c1-2-14-33(15-3-1)47-38-18-4-6-20-40(38)48(41-21-7-5-19-39(41)47)34-28-26-32(27-29-34)35-30-31-46-49(42-22-10-13-25-45(42)52-46)50(35)51-43-23-11-8-16-36(43)37-17-9-12-24-44(37)51;1-3-13-33(14-4-1)34-23-27-38(28-24-34)49-39(31-32-46-50(49)44-21-11-12-22-45(44)51-46)35-25-29-37(30-26-35)48-42-19-9-7-17-40(42)47(36-15-5-2-6-16-36)41-18-8-10-20-43(41)48/h1-31H;1-32H/i1D,2D,3D,14D,15D;2D,5D,6D,15D,16D. The maximum Gasteiger partial charge on any atom is 0.137 e. The first kappa shape index (κ1) is 49.8. The van der Waals surface area contributed by atoms with Crippen LogP contribution >= 0.6 is 0 Å². The molecule has 0 radical (unpaired) electrons. The van der Waals surface area contributed by atoms with E-state index in [1.807, 2.05) is 103 Å². The Balaban J connectivity index is 0.000000147. The molecule has 0 saturated carbocycles. The second-order valence-electron chi connectivity index (χ2n) is 26.0. The summed E-state index contributed by atoms with van der Waals surface area (Å²) in [7, 11) is 0. The molecular weight excluding hydrogens is 1250 g/mol. The van der Waals surface area contributed by atoms with Crippen LogP contribution in [0.2, 0.25) is 0 Å². The molecule has 0 bridgehead atoms. The van der Waals surface area contributed by atoms with E-state index in [1.165, 1.54) is 16.3 Å². The van der Waals surface area contributed by atoms with Crippen molar-refractivity contribution < 1.29 is 22.5 Å². The molecule has 0 amide bonds. The number of para-hydroxylation sites is 4. The van der Waals surface area contributed by atoms with Crippen molar-refractivity contribution in [1.29, 1.82) is 0 Å². The zero-order valence-corrected chi connectivity index (χ0v) is 55.4. The molecular formula is C100H63NO2. The van der Waals surface area contributed by atoms with E-state index in [-0.39, 0.29) is 59.5 Å². The Morgan fingerprint density at radius 1 is 0.194 bits per heavy atom. The van der Waals surface area contributed by atoms with E-state index in [2.05, 4.69) is 223 Å². The first-order valence-electron chi connectivity index (χ1n) is 39.6. The highest BCUT2D eigenvalue weighted by Gasteiger charge is 2.25. The van der Waals surface area contributed by atoms with Gasteiger partial charge in [0.15, 0.2) is 0 Å². The number of fused-ring (bicyclic) bond motifs is 13. The molecule has 21 aromatic rings. The molecule has 0 N–H and O–H groups in total. The molecule has 3 nitrogen and oxygen atoms in total. The van der Waals surface area contributed by atoms with Gasteiger partial charge in [-0.2, -0.15) is 0 Å². The number of benzene rings is 18. The number of furan rings is 2. The summed E-state index contributed by atoms with van der Waals surface area (Å²) in [6.07, 6.45) is 0. The van der Waals surface area contributed by atoms with Crippen molar-refractivity contribution >= 4 is 109 Å². The van der Waals surface area contributed by atoms with Crippen LogP contribution in [0.1, 0.15) is 13.7 Å². The minimum atomic E-state index is -0.402. The Morgan fingerprint density at radius 3 is 0.932 bits per heavy atom. The summed E-state index contributed by atoms with van der Waals surface area (Å²) in [5.41, 5.74) is 21.2. The van der Waals surface area contributed by atoms with Gasteiger partial charge in [0.25, 0.3) is 0 Å². The largest absolute Gasteiger partial charge is 0.456 e. The van der Waals surface area contributed by atoms with Gasteiger partial charge in [-0.3, -0.25) is 0 Å². The first-order chi connectivity index (χ1) is 55.3. The molecule has 0 saturated heterocycles. The highest BCUT2D eigenvalue weighted by molar-refractivity contribution is 6.24. The van der Waals surface area contributed by atoms with Gasteiger partial charge in [-0.05, 0) is 163 Å². The second-order valence-corrected chi connectivity index (χ2v) is 26.0. The summed E-state index contributed by atoms with van der Waals surface area (Å²) in [5, 5.41) is 13.6. The van der Waals surface area contributed by atoms with E-state index in [9.17, 15) is 0 Å². The van der Waals surface area contributed by atoms with Crippen LogP contribution in [0.4, 0.5) is 0 Å². The van der Waals surface area contributed by atoms with Crippen LogP contribution in [0.5, 0.6) is 0 Å². The lowest BCUT2D eigenvalue weighted by Crippen LogP contribution is -1.98. The lowest BCUT2D eigenvalue weighted by atomic mass is 9.85. The molecule has 21 rings (SSSR count). The van der Waals surface area contributed by atoms with Gasteiger partial charge < -0.3 is 13.4 Å². The van der Waals surface area contributed by atoms with Crippen molar-refractivity contribution in [3.63, 3.8) is 0 Å². The zero-order valence-electron chi connectivity index (χ0n) is 65.4. The molecule has 18 aromatic carbocycles. The maximum absolute atomic E-state index is 8.91. The topological polar surface area (TPSA) is 31.2 Å². The number of hydrogen-bond donors (Lipinski definition) is 0. The summed E-state index contributed by atoms with van der Waals surface area (Å²) in [4.78, 5) is 0. The number of hydrogen-bond acceptors (Lipinski definition) is 2. The molecule has 0 aliphatic heterocycles. The summed E-state index contributed by atoms with van der Waals surface area (Å²) < 4.78 is 101. The van der Waals surface area contributed by atoms with Crippen molar-refractivity contribution in [3.8, 4) is 94.7 Å². The molecule has 3 heteroatoms. The Morgan fingerprint density at radius 2 is 0.495 bits per heavy atom. The van der Waals surface area contributed by atoms with Gasteiger partial charge in [0.1, 0.15) is 22.3 Å². The molecule has 3 aromatic heterocycles. The number of aromatic nitrogens is 1. The van der Waals surface area contributed by atoms with Crippen LogP contribution in [0.25, 0.3) is 203 Å². The summed E-state index contributed by atoms with van der Waals surface area (Å²) >= 11 is 0. The molecule has 0 fully saturated rings. The average molecular weight is 1320 g/mol. The number of nitrogens with zero attached hydrogens (tertiary/aromatic N) is 1. The van der Waals surface area contributed by atoms with E-state index in [1.54, 1.807) is 0 Å². The van der Waals surface area contributed by atoms with Gasteiger partial charge in [-0.25, -0.2) is 0 Å². The smallest absolute Gasteiger partial charge is 0.137 e. The predicted molar refractivity (Wildman–Crippen MR) is 435 cm³/mol. The molecule has 0 aliphatic rings. The fraction of sp³-hybridized carbons (Fsp3) is 0. The molecule has 103 heavy (non-hydrogen) atoms. The summed E-state index contributed by atoms with van der Waals surface area (Å²) in [6, 6.07) is 107. The third-order valence-electron chi connectivity index (χ3n) is 20.5. The van der Waals surface area contributed by atoms with Gasteiger partial charge in [-0.1, -0.05) is 339 Å². The van der Waals surface area contributed by atoms with Crippen molar-refractivity contribution in [1.82, 2.24) is 4.57 Å². The molecule has 0 atom stereocenters. The van der Waals surface area contributed by atoms with E-state index in [4.69, 9.17) is 22.5 Å². The highest BCUT2D eigenvalue weighted by Crippen LogP contribution is 2.50. The molecule has 480 valence electrons. The Hall–Kier alpha value is -13.6. The maximum atomic E-state index is 8.91. The van der Waals surface area contributed by atoms with E-state index in [0.29, 0.717) is 11.1 Å². The predicted octanol–water partition coefficient (Wildman–Crippen LogP) is 28.2. The lowest BCUT2D eigenvalue weighted by molar-refractivity contribution is 0.668. The van der Waals surface area contributed by atoms with E-state index >= 15 is 0 Å². The van der Waals surface area contributed by atoms with Crippen LogP contribution in [0, 0.1) is 0 Å². The lowest BCUT2D eigenvalue weighted by Gasteiger charge is -2.18. The fourth-order valence-corrected chi connectivity index (χ4v) is 16.0. The first-order valence-corrected chi connectivity index (χ1v) is 34.6. The van der Waals surface area contributed by atoms with Gasteiger partial charge in [0, 0.05) is 38.1 Å². The molecule has 0 spiro atoms. The van der Waals surface area contributed by atoms with E-state index < -0.39 is 12.1 Å². The van der Waals surface area contributed by atoms with Gasteiger partial charge in [0.2, 0.25) is 0 Å². The fourth-order valence-electron chi connectivity index (χ4n) is 16.0. The van der Waals surface area contributed by atoms with E-state index in [0.717, 1.165) is 165 Å². The quantitative estimate of drug-likeness (QED) is 0.135. The summed E-state index contributed by atoms with van der Waals surface area (Å²) in [5.74, 6) is 0. The summed E-state index contributed by atoms with van der Waals surface area (Å²) in [6.45, 7) is 0. The SMILES string of the molecule is [2H]c1c([2H])c([2H])c(-c2c3ccccc3c(-c3ccc(-c4ccc5oc6ccccc6c5c4-c4ccc(-c5ccccc5)cc4)cc3)c3ccccc23)c([2H])c1[2H].[2H]c1c([2H])c([2H])c(-c2c3ccccc3c(-c3ccc(-c4ccc5oc6ccccc6c5c4-n4c5ccccc5c5ccccc54)cc3)c3ccccc23)c([2H])c1[2H]. The normalized spacial score (nSPS) is 13.0. The van der Waals surface area contributed by atoms with Crippen molar-refractivity contribution in [3.05, 3.63) is 382 Å². The van der Waals surface area contributed by atoms with Crippen molar-refractivity contribution in [2.75, 3.05) is 0 Å². The zero-order chi connectivity index (χ0) is 76.6.